The molecule has 9 N–H and O–H groups in total. The van der Waals surface area contributed by atoms with Crippen LogP contribution in [0.2, 0.25) is 0 Å². The van der Waals surface area contributed by atoms with E-state index >= 15 is 0 Å². The van der Waals surface area contributed by atoms with Crippen LogP contribution < -0.4 is 10.2 Å². The lowest BCUT2D eigenvalue weighted by molar-refractivity contribution is -0.350. The number of benzene rings is 2. The molecule has 236 valence electrons. The number of hydrogen-bond donors (Lipinski definition) is 9. The van der Waals surface area contributed by atoms with Gasteiger partial charge in [0.2, 0.25) is 6.29 Å². The third-order valence-corrected chi connectivity index (χ3v) is 7.08. The Morgan fingerprint density at radius 2 is 1.32 bits per heavy atom. The van der Waals surface area contributed by atoms with E-state index in [-0.39, 0.29) is 28.2 Å². The predicted octanol–water partition coefficient (Wildman–Crippen LogP) is -1.94. The van der Waals surface area contributed by atoms with E-state index in [9.17, 15) is 60.3 Å². The molecule has 0 amide bonds. The van der Waals surface area contributed by atoms with Crippen molar-refractivity contribution in [1.82, 2.24) is 0 Å². The van der Waals surface area contributed by atoms with E-state index in [0.717, 1.165) is 18.2 Å². The number of phenols is 2. The molecule has 1 aromatic heterocycles. The first-order chi connectivity index (χ1) is 20.8. The van der Waals surface area contributed by atoms with Crippen LogP contribution in [-0.2, 0) is 23.8 Å². The number of aliphatic hydroxyl groups is 5. The third kappa shape index (κ3) is 5.77. The molecule has 2 aliphatic heterocycles. The Balaban J connectivity index is 1.50. The number of hydrogen-bond acceptors (Lipinski definition) is 15. The minimum Gasteiger partial charge on any atom is -0.508 e. The lowest BCUT2D eigenvalue weighted by atomic mass is 9.97. The van der Waals surface area contributed by atoms with Crippen molar-refractivity contribution in [2.75, 3.05) is 0 Å². The number of ether oxygens (including phenoxy) is 4. The average molecular weight is 622 g/mol. The second-order valence-corrected chi connectivity index (χ2v) is 10.0. The van der Waals surface area contributed by atoms with Gasteiger partial charge in [0, 0.05) is 23.8 Å². The Kier molecular flexibility index (Phi) is 8.47. The normalized spacial score (nSPS) is 32.3. The molecule has 2 aliphatic rings. The van der Waals surface area contributed by atoms with E-state index in [1.165, 1.54) is 24.3 Å². The Hall–Kier alpha value is -4.33. The van der Waals surface area contributed by atoms with Gasteiger partial charge in [-0.3, -0.25) is 4.79 Å². The third-order valence-electron chi connectivity index (χ3n) is 7.08. The van der Waals surface area contributed by atoms with Crippen molar-refractivity contribution in [2.45, 2.75) is 61.4 Å². The van der Waals surface area contributed by atoms with Crippen molar-refractivity contribution >= 4 is 22.9 Å². The number of rotatable bonds is 7. The molecule has 17 nitrogen and oxygen atoms in total. The number of carbonyl (C=O) groups is 2. The van der Waals surface area contributed by atoms with Gasteiger partial charge in [-0.05, 0) is 24.3 Å². The quantitative estimate of drug-likeness (QED) is 0.138. The van der Waals surface area contributed by atoms with Crippen LogP contribution in [0.25, 0.3) is 22.3 Å². The molecule has 2 aromatic carbocycles. The van der Waals surface area contributed by atoms with Crippen LogP contribution in [0.15, 0.2) is 51.7 Å². The molecule has 0 saturated carbocycles. The monoisotopic (exact) mass is 622 g/mol. The number of aliphatic hydroxyl groups excluding tert-OH is 5. The summed E-state index contributed by atoms with van der Waals surface area (Å²) in [4.78, 5) is 36.0. The van der Waals surface area contributed by atoms with Crippen molar-refractivity contribution in [1.29, 1.82) is 0 Å². The van der Waals surface area contributed by atoms with Crippen molar-refractivity contribution in [3.8, 4) is 28.6 Å². The van der Waals surface area contributed by atoms with Gasteiger partial charge in [-0.1, -0.05) is 0 Å². The zero-order chi connectivity index (χ0) is 32.0. The molecule has 0 spiro atoms. The highest BCUT2D eigenvalue weighted by molar-refractivity contribution is 5.86. The van der Waals surface area contributed by atoms with Crippen molar-refractivity contribution in [2.24, 2.45) is 0 Å². The summed E-state index contributed by atoms with van der Waals surface area (Å²) in [5.74, 6) is -4.45. The number of phenolic OH excluding ortho intramolecular Hbond substituents is 2. The van der Waals surface area contributed by atoms with Crippen molar-refractivity contribution in [3.05, 3.63) is 52.7 Å². The minimum absolute atomic E-state index is 0.0378. The summed E-state index contributed by atoms with van der Waals surface area (Å²) in [5, 5.41) is 90.3. The van der Waals surface area contributed by atoms with Gasteiger partial charge in [0.1, 0.15) is 64.5 Å². The largest absolute Gasteiger partial charge is 0.508 e. The molecule has 2 fully saturated rings. The molecular weight excluding hydrogens is 596 g/mol. The number of aromatic hydroxyl groups is 2. The van der Waals surface area contributed by atoms with Crippen LogP contribution in [0.4, 0.5) is 0 Å². The van der Waals surface area contributed by atoms with E-state index in [1.807, 2.05) is 0 Å². The van der Waals surface area contributed by atoms with E-state index in [1.54, 1.807) is 0 Å². The maximum atomic E-state index is 12.8. The lowest BCUT2D eigenvalue weighted by Gasteiger charge is -2.44. The number of carboxylic acids is 2. The Bertz CT molecular complexity index is 1600. The topological polar surface area (TPSA) is 283 Å². The molecule has 3 aromatic rings. The molecular formula is C27H26O17. The van der Waals surface area contributed by atoms with Gasteiger partial charge in [-0.25, -0.2) is 9.59 Å². The maximum absolute atomic E-state index is 12.8. The van der Waals surface area contributed by atoms with E-state index in [4.69, 9.17) is 23.4 Å². The first-order valence-electron chi connectivity index (χ1n) is 12.9. The van der Waals surface area contributed by atoms with Gasteiger partial charge in [0.25, 0.3) is 0 Å². The minimum atomic E-state index is -2.15. The van der Waals surface area contributed by atoms with Crippen LogP contribution in [0.1, 0.15) is 0 Å². The van der Waals surface area contributed by atoms with Crippen LogP contribution >= 0.6 is 0 Å². The molecule has 44 heavy (non-hydrogen) atoms. The Morgan fingerprint density at radius 3 is 1.93 bits per heavy atom. The van der Waals surface area contributed by atoms with Crippen molar-refractivity contribution < 1.29 is 78.9 Å². The first-order valence-corrected chi connectivity index (χ1v) is 12.9. The second kappa shape index (κ2) is 12.0. The van der Waals surface area contributed by atoms with Gasteiger partial charge in [0.15, 0.2) is 30.0 Å². The average Bonchev–Trinajstić information content (AvgIpc) is 2.96. The zero-order valence-corrected chi connectivity index (χ0v) is 22.1. The molecule has 0 aliphatic carbocycles. The molecule has 3 heterocycles. The van der Waals surface area contributed by atoms with Crippen LogP contribution in [-0.4, -0.2) is 119 Å². The molecule has 17 heteroatoms. The first kappa shape index (κ1) is 31.1. The van der Waals surface area contributed by atoms with Gasteiger partial charge >= 0.3 is 11.9 Å². The predicted molar refractivity (Wildman–Crippen MR) is 139 cm³/mol. The van der Waals surface area contributed by atoms with E-state index < -0.39 is 84.5 Å². The number of carboxylic acid groups (broad SMARTS) is 2. The van der Waals surface area contributed by atoms with Gasteiger partial charge < -0.3 is 69.3 Å². The molecule has 2 saturated heterocycles. The SMILES string of the molecule is O=C(O)[C@@H]1O[C@H](O[C@@H]2[C@@H](Oc3cc(O)c4c(=O)cc(-c5ccc(O)cc5)oc4c3)O[C@@H](C(=O)O)[C@H](O)[C@H]2O)[C@@H](O)[C@H](O)[C@H]1O. The fourth-order valence-electron chi connectivity index (χ4n) is 4.81. The second-order valence-electron chi connectivity index (χ2n) is 10.0. The highest BCUT2D eigenvalue weighted by Crippen LogP contribution is 2.35. The zero-order valence-electron chi connectivity index (χ0n) is 22.1. The summed E-state index contributed by atoms with van der Waals surface area (Å²) >= 11 is 0. The van der Waals surface area contributed by atoms with Crippen LogP contribution in [0.5, 0.6) is 17.2 Å². The standard InChI is InChI=1S/C27H26O17/c28-9-3-1-8(2-4-9)13-7-12(30)15-11(29)5-10(6-14(15)41-13)40-27-23(19(34)18(33)22(43-27)25(38)39)44-26-20(35)16(31)17(32)21(42-26)24(36)37/h1-7,16-23,26-29,31-35H,(H,36,37)(H,38,39)/t16-,17-,18-,19-,20+,21-,22-,23+,26-,27+/m1/s1. The van der Waals surface area contributed by atoms with Gasteiger partial charge in [0.05, 0.1) is 0 Å². The van der Waals surface area contributed by atoms with Crippen LogP contribution in [0.3, 0.4) is 0 Å². The molecule has 0 unspecified atom stereocenters. The summed E-state index contributed by atoms with van der Waals surface area (Å²) < 4.78 is 27.2. The van der Waals surface area contributed by atoms with Crippen molar-refractivity contribution in [3.63, 3.8) is 0 Å². The highest BCUT2D eigenvalue weighted by Gasteiger charge is 2.54. The molecule has 0 radical (unpaired) electrons. The Morgan fingerprint density at radius 1 is 0.727 bits per heavy atom. The maximum Gasteiger partial charge on any atom is 0.335 e. The summed E-state index contributed by atoms with van der Waals surface area (Å²) in [6.45, 7) is 0. The van der Waals surface area contributed by atoms with Crippen LogP contribution in [0, 0.1) is 0 Å². The van der Waals surface area contributed by atoms with E-state index in [2.05, 4.69) is 0 Å². The highest BCUT2D eigenvalue weighted by atomic mass is 16.8. The fourth-order valence-corrected chi connectivity index (χ4v) is 4.81. The number of fused-ring (bicyclic) bond motifs is 1. The molecule has 10 atom stereocenters. The summed E-state index contributed by atoms with van der Waals surface area (Å²) in [6.07, 6.45) is -20.8. The fraction of sp³-hybridized carbons (Fsp3) is 0.370. The Labute approximate surface area is 244 Å². The molecule has 5 rings (SSSR count). The summed E-state index contributed by atoms with van der Waals surface area (Å²) in [5.41, 5.74) is -0.488. The van der Waals surface area contributed by atoms with Gasteiger partial charge in [-0.15, -0.1) is 0 Å². The van der Waals surface area contributed by atoms with Gasteiger partial charge in [-0.2, -0.15) is 0 Å². The number of aliphatic carboxylic acids is 2. The smallest absolute Gasteiger partial charge is 0.335 e. The van der Waals surface area contributed by atoms with E-state index in [0.29, 0.717) is 5.56 Å². The summed E-state index contributed by atoms with van der Waals surface area (Å²) in [6, 6.07) is 8.76. The molecule has 0 bridgehead atoms. The lowest BCUT2D eigenvalue weighted by Crippen LogP contribution is -2.66. The summed E-state index contributed by atoms with van der Waals surface area (Å²) in [7, 11) is 0.